The number of aryl methyl sites for hydroxylation is 1. The summed E-state index contributed by atoms with van der Waals surface area (Å²) in [6.07, 6.45) is 0. The summed E-state index contributed by atoms with van der Waals surface area (Å²) in [5, 5.41) is 14.1. The summed E-state index contributed by atoms with van der Waals surface area (Å²) in [7, 11) is 0. The average molecular weight is 360 g/mol. The average Bonchev–Trinajstić information content (AvgIpc) is 2.88. The molecule has 0 aliphatic heterocycles. The summed E-state index contributed by atoms with van der Waals surface area (Å²) >= 11 is 0. The molecular weight excluding hydrogens is 339 g/mol. The van der Waals surface area contributed by atoms with Gasteiger partial charge in [0.25, 0.3) is 5.56 Å². The molecule has 2 aromatic heterocycles. The lowest BCUT2D eigenvalue weighted by Crippen LogP contribution is -2.29. The van der Waals surface area contributed by atoms with Crippen LogP contribution in [0.5, 0.6) is 0 Å². The van der Waals surface area contributed by atoms with E-state index in [1.807, 2.05) is 20.8 Å². The summed E-state index contributed by atoms with van der Waals surface area (Å²) < 4.78 is 15.7. The van der Waals surface area contributed by atoms with Gasteiger partial charge in [-0.15, -0.1) is 0 Å². The molecule has 138 valence electrons. The molecule has 0 amide bonds. The molecule has 0 unspecified atom stereocenters. The van der Waals surface area contributed by atoms with Crippen molar-refractivity contribution in [2.24, 2.45) is 5.41 Å². The van der Waals surface area contributed by atoms with Gasteiger partial charge in [-0.1, -0.05) is 32.9 Å². The third-order valence-electron chi connectivity index (χ3n) is 4.40. The van der Waals surface area contributed by atoms with Gasteiger partial charge in [0.1, 0.15) is 22.5 Å². The van der Waals surface area contributed by atoms with Crippen LogP contribution in [0.15, 0.2) is 27.8 Å². The van der Waals surface area contributed by atoms with E-state index in [1.165, 1.54) is 10.7 Å². The number of nitrogens with one attached hydrogen (secondary N) is 2. The van der Waals surface area contributed by atoms with Gasteiger partial charge in [-0.3, -0.25) is 14.8 Å². The second kappa shape index (κ2) is 6.21. The highest BCUT2D eigenvalue weighted by molar-refractivity contribution is 5.77. The van der Waals surface area contributed by atoms with E-state index in [-0.39, 0.29) is 22.5 Å². The normalized spacial score (nSPS) is 13.3. The number of hydrogen-bond donors (Lipinski definition) is 3. The van der Waals surface area contributed by atoms with Crippen molar-refractivity contribution < 1.29 is 9.50 Å². The molecule has 1 atom stereocenters. The molecule has 0 aliphatic rings. The first-order valence-electron chi connectivity index (χ1n) is 8.24. The molecule has 3 aromatic rings. The summed E-state index contributed by atoms with van der Waals surface area (Å²) in [6, 6.07) is 4.43. The van der Waals surface area contributed by atoms with Gasteiger partial charge >= 0.3 is 5.69 Å². The molecule has 2 heterocycles. The molecule has 0 bridgehead atoms. The Morgan fingerprint density at radius 3 is 2.54 bits per heavy atom. The zero-order valence-corrected chi connectivity index (χ0v) is 15.1. The van der Waals surface area contributed by atoms with E-state index in [9.17, 15) is 19.1 Å². The lowest BCUT2D eigenvalue weighted by atomic mass is 9.82. The van der Waals surface area contributed by atoms with Crippen molar-refractivity contribution >= 4 is 11.0 Å². The fraction of sp³-hybridized carbons (Fsp3) is 0.389. The first-order valence-corrected chi connectivity index (χ1v) is 8.24. The number of aliphatic hydroxyl groups is 1. The van der Waals surface area contributed by atoms with Crippen molar-refractivity contribution in [3.05, 3.63) is 61.7 Å². The minimum atomic E-state index is -0.670. The Morgan fingerprint density at radius 2 is 1.96 bits per heavy atom. The number of hydrogen-bond acceptors (Lipinski definition) is 4. The number of aromatic amines is 2. The second-order valence-electron chi connectivity index (χ2n) is 7.46. The highest BCUT2D eigenvalue weighted by atomic mass is 19.1. The topological polar surface area (TPSA) is 104 Å². The molecule has 0 saturated heterocycles. The summed E-state index contributed by atoms with van der Waals surface area (Å²) in [5.74, 6) is -0.345. The van der Waals surface area contributed by atoms with Crippen LogP contribution < -0.4 is 11.2 Å². The largest absolute Gasteiger partial charge is 0.390 e. The molecule has 8 heteroatoms. The summed E-state index contributed by atoms with van der Waals surface area (Å²) in [5.41, 5.74) is -0.198. The molecule has 0 fully saturated rings. The van der Waals surface area contributed by atoms with Crippen LogP contribution in [0.3, 0.4) is 0 Å². The van der Waals surface area contributed by atoms with Gasteiger partial charge in [0.2, 0.25) is 0 Å². The number of H-pyrrole nitrogens is 2. The predicted molar refractivity (Wildman–Crippen MR) is 95.6 cm³/mol. The van der Waals surface area contributed by atoms with Crippen LogP contribution in [0.2, 0.25) is 0 Å². The van der Waals surface area contributed by atoms with Gasteiger partial charge in [-0.25, -0.2) is 13.9 Å². The number of benzene rings is 1. The van der Waals surface area contributed by atoms with Gasteiger partial charge < -0.3 is 5.11 Å². The first-order chi connectivity index (χ1) is 12.1. The van der Waals surface area contributed by atoms with Crippen LogP contribution in [0, 0.1) is 18.2 Å². The van der Waals surface area contributed by atoms with Crippen LogP contribution in [0.4, 0.5) is 4.39 Å². The van der Waals surface area contributed by atoms with Crippen molar-refractivity contribution in [3.63, 3.8) is 0 Å². The van der Waals surface area contributed by atoms with E-state index in [0.717, 1.165) is 0 Å². The third kappa shape index (κ3) is 2.96. The van der Waals surface area contributed by atoms with Gasteiger partial charge in [0.15, 0.2) is 0 Å². The SMILES string of the molecule is Cc1ccc([C@H](n2nc(CO)c3c(=O)[nH]c(=O)[nH]c32)C(C)(C)C)cc1F. The molecule has 7 nitrogen and oxygen atoms in total. The van der Waals surface area contributed by atoms with E-state index in [1.54, 1.807) is 19.1 Å². The van der Waals surface area contributed by atoms with Crippen LogP contribution >= 0.6 is 0 Å². The number of aromatic nitrogens is 4. The molecule has 0 aliphatic carbocycles. The number of nitrogens with zero attached hydrogens (tertiary/aromatic N) is 2. The van der Waals surface area contributed by atoms with Crippen molar-refractivity contribution in [3.8, 4) is 0 Å². The van der Waals surface area contributed by atoms with Crippen LogP contribution in [0.1, 0.15) is 43.6 Å². The Bertz CT molecular complexity index is 1090. The van der Waals surface area contributed by atoms with E-state index in [0.29, 0.717) is 11.1 Å². The van der Waals surface area contributed by atoms with E-state index < -0.39 is 29.3 Å². The van der Waals surface area contributed by atoms with Crippen molar-refractivity contribution in [1.29, 1.82) is 0 Å². The molecule has 3 N–H and O–H groups in total. The minimum absolute atomic E-state index is 0.119. The molecule has 3 rings (SSSR count). The number of fused-ring (bicyclic) bond motifs is 1. The Morgan fingerprint density at radius 1 is 1.27 bits per heavy atom. The molecule has 26 heavy (non-hydrogen) atoms. The number of halogens is 1. The van der Waals surface area contributed by atoms with Crippen LogP contribution in [0.25, 0.3) is 11.0 Å². The Balaban J connectivity index is 2.37. The first kappa shape index (κ1) is 18.1. The van der Waals surface area contributed by atoms with Gasteiger partial charge in [0.05, 0.1) is 12.6 Å². The predicted octanol–water partition coefficient (Wildman–Crippen LogP) is 1.99. The number of aliphatic hydroxyl groups excluding tert-OH is 1. The highest BCUT2D eigenvalue weighted by Crippen LogP contribution is 2.38. The van der Waals surface area contributed by atoms with E-state index in [2.05, 4.69) is 15.1 Å². The smallest absolute Gasteiger partial charge is 0.327 e. The maximum absolute atomic E-state index is 14.2. The monoisotopic (exact) mass is 360 g/mol. The van der Waals surface area contributed by atoms with Crippen LogP contribution in [-0.2, 0) is 6.61 Å². The fourth-order valence-electron chi connectivity index (χ4n) is 3.23. The standard InChI is InChI=1S/C18H21FN4O3/c1-9-5-6-10(7-11(9)19)14(18(2,3)4)23-15-13(12(8-24)22-23)16(25)21-17(26)20-15/h5-7,14,24H,8H2,1-4H3,(H2,20,21,25,26)/t14-/m0/s1. The minimum Gasteiger partial charge on any atom is -0.390 e. The lowest BCUT2D eigenvalue weighted by molar-refractivity contribution is 0.255. The summed E-state index contributed by atoms with van der Waals surface area (Å²) in [4.78, 5) is 28.7. The highest BCUT2D eigenvalue weighted by Gasteiger charge is 2.32. The Labute approximate surface area is 148 Å². The second-order valence-corrected chi connectivity index (χ2v) is 7.46. The van der Waals surface area contributed by atoms with Crippen molar-refractivity contribution in [1.82, 2.24) is 19.7 Å². The van der Waals surface area contributed by atoms with Gasteiger partial charge in [-0.2, -0.15) is 5.10 Å². The lowest BCUT2D eigenvalue weighted by Gasteiger charge is -2.32. The zero-order chi connectivity index (χ0) is 19.2. The Kier molecular flexibility index (Phi) is 4.31. The van der Waals surface area contributed by atoms with Gasteiger partial charge in [-0.05, 0) is 29.5 Å². The molecular formula is C18H21FN4O3. The number of rotatable bonds is 3. The molecule has 1 aromatic carbocycles. The molecule has 0 radical (unpaired) electrons. The third-order valence-corrected chi connectivity index (χ3v) is 4.40. The van der Waals surface area contributed by atoms with Crippen molar-refractivity contribution in [2.75, 3.05) is 0 Å². The molecule has 0 saturated carbocycles. The van der Waals surface area contributed by atoms with Gasteiger partial charge in [0, 0.05) is 0 Å². The zero-order valence-electron chi connectivity index (χ0n) is 15.1. The maximum atomic E-state index is 14.2. The quantitative estimate of drug-likeness (QED) is 0.664. The fourth-order valence-corrected chi connectivity index (χ4v) is 3.23. The summed E-state index contributed by atoms with van der Waals surface area (Å²) in [6.45, 7) is 7.07. The van der Waals surface area contributed by atoms with E-state index >= 15 is 0 Å². The molecule has 0 spiro atoms. The van der Waals surface area contributed by atoms with Crippen molar-refractivity contribution in [2.45, 2.75) is 40.3 Å². The van der Waals surface area contributed by atoms with E-state index in [4.69, 9.17) is 0 Å². The maximum Gasteiger partial charge on any atom is 0.327 e. The Hall–Kier alpha value is -2.74. The van der Waals surface area contributed by atoms with Crippen LogP contribution in [-0.4, -0.2) is 24.9 Å².